The first-order chi connectivity index (χ1) is 9.21. The number of nitrogens with two attached hydrogens (primary N) is 1. The fraction of sp³-hybridized carbons (Fsp3) is 0.462. The number of hydrogen-bond donors (Lipinski definition) is 2. The van der Waals surface area contributed by atoms with Gasteiger partial charge in [0.15, 0.2) is 9.84 Å². The SMILES string of the molecule is CS(=O)(=O)c1ccc(SC2CCC(N)(C(=O)O)C2)cc1. The highest BCUT2D eigenvalue weighted by molar-refractivity contribution is 8.00. The fourth-order valence-corrected chi connectivity index (χ4v) is 4.21. The summed E-state index contributed by atoms with van der Waals surface area (Å²) in [7, 11) is -3.18. The average Bonchev–Trinajstić information content (AvgIpc) is 2.72. The van der Waals surface area contributed by atoms with Gasteiger partial charge in [0.25, 0.3) is 0 Å². The Kier molecular flexibility index (Phi) is 4.13. The van der Waals surface area contributed by atoms with Crippen LogP contribution in [0, 0.1) is 0 Å². The number of carbonyl (C=O) groups is 1. The molecule has 2 atom stereocenters. The Morgan fingerprint density at radius 3 is 2.45 bits per heavy atom. The van der Waals surface area contributed by atoms with Crippen molar-refractivity contribution in [1.29, 1.82) is 0 Å². The maximum atomic E-state index is 11.4. The summed E-state index contributed by atoms with van der Waals surface area (Å²) in [5.74, 6) is -0.951. The third-order valence-electron chi connectivity index (χ3n) is 3.48. The molecule has 0 aliphatic heterocycles. The second-order valence-corrected chi connectivity index (χ2v) is 8.58. The van der Waals surface area contributed by atoms with Gasteiger partial charge < -0.3 is 10.8 Å². The molecule has 3 N–H and O–H groups in total. The molecular weight excluding hydrogens is 298 g/mol. The zero-order valence-corrected chi connectivity index (χ0v) is 12.7. The number of sulfone groups is 1. The molecule has 0 heterocycles. The van der Waals surface area contributed by atoms with E-state index >= 15 is 0 Å². The maximum absolute atomic E-state index is 11.4. The predicted molar refractivity (Wildman–Crippen MR) is 77.6 cm³/mol. The van der Waals surface area contributed by atoms with Crippen LogP contribution in [-0.2, 0) is 14.6 Å². The number of rotatable bonds is 4. The monoisotopic (exact) mass is 315 g/mol. The van der Waals surface area contributed by atoms with Gasteiger partial charge in [0.1, 0.15) is 5.54 Å². The number of hydrogen-bond acceptors (Lipinski definition) is 5. The molecule has 7 heteroatoms. The van der Waals surface area contributed by atoms with E-state index < -0.39 is 21.3 Å². The van der Waals surface area contributed by atoms with Gasteiger partial charge in [-0.1, -0.05) is 0 Å². The molecule has 2 unspecified atom stereocenters. The van der Waals surface area contributed by atoms with E-state index in [0.29, 0.717) is 12.8 Å². The summed E-state index contributed by atoms with van der Waals surface area (Å²) >= 11 is 1.55. The average molecular weight is 315 g/mol. The van der Waals surface area contributed by atoms with Crippen LogP contribution in [0.2, 0.25) is 0 Å². The van der Waals surface area contributed by atoms with Crippen LogP contribution in [0.3, 0.4) is 0 Å². The van der Waals surface area contributed by atoms with Crippen molar-refractivity contribution in [3.05, 3.63) is 24.3 Å². The largest absolute Gasteiger partial charge is 0.480 e. The van der Waals surface area contributed by atoms with Gasteiger partial charge in [-0.15, -0.1) is 11.8 Å². The molecule has 0 radical (unpaired) electrons. The van der Waals surface area contributed by atoms with Crippen LogP contribution in [-0.4, -0.2) is 36.5 Å². The highest BCUT2D eigenvalue weighted by Gasteiger charge is 2.42. The molecule has 1 aliphatic carbocycles. The number of carboxylic acid groups (broad SMARTS) is 1. The molecular formula is C13H17NO4S2. The summed E-state index contributed by atoms with van der Waals surface area (Å²) in [4.78, 5) is 12.3. The predicted octanol–water partition coefficient (Wildman–Crippen LogP) is 1.52. The lowest BCUT2D eigenvalue weighted by molar-refractivity contribution is -0.143. The van der Waals surface area contributed by atoms with Gasteiger partial charge in [0, 0.05) is 16.4 Å². The molecule has 1 aromatic rings. The maximum Gasteiger partial charge on any atom is 0.323 e. The van der Waals surface area contributed by atoms with Crippen molar-refractivity contribution in [1.82, 2.24) is 0 Å². The Morgan fingerprint density at radius 2 is 2.00 bits per heavy atom. The van der Waals surface area contributed by atoms with Crippen LogP contribution in [0.4, 0.5) is 0 Å². The summed E-state index contributed by atoms with van der Waals surface area (Å²) in [5.41, 5.74) is 4.71. The Hall–Kier alpha value is -1.05. The lowest BCUT2D eigenvalue weighted by Crippen LogP contribution is -2.45. The molecule has 1 saturated carbocycles. The van der Waals surface area contributed by atoms with E-state index in [4.69, 9.17) is 10.8 Å². The highest BCUT2D eigenvalue weighted by Crippen LogP contribution is 2.39. The highest BCUT2D eigenvalue weighted by atomic mass is 32.2. The number of aliphatic carboxylic acids is 1. The second-order valence-electron chi connectivity index (χ2n) is 5.19. The van der Waals surface area contributed by atoms with Crippen molar-refractivity contribution in [2.24, 2.45) is 5.73 Å². The van der Waals surface area contributed by atoms with Gasteiger partial charge in [-0.2, -0.15) is 0 Å². The van der Waals surface area contributed by atoms with Crippen molar-refractivity contribution in [3.8, 4) is 0 Å². The normalized spacial score (nSPS) is 26.6. The van der Waals surface area contributed by atoms with Crippen molar-refractivity contribution in [3.63, 3.8) is 0 Å². The molecule has 0 spiro atoms. The molecule has 110 valence electrons. The number of benzene rings is 1. The zero-order valence-electron chi connectivity index (χ0n) is 11.1. The van der Waals surface area contributed by atoms with Crippen LogP contribution in [0.5, 0.6) is 0 Å². The van der Waals surface area contributed by atoms with E-state index in [1.165, 1.54) is 6.26 Å². The lowest BCUT2D eigenvalue weighted by Gasteiger charge is -2.17. The minimum absolute atomic E-state index is 0.153. The molecule has 1 aliphatic rings. The smallest absolute Gasteiger partial charge is 0.323 e. The van der Waals surface area contributed by atoms with E-state index in [2.05, 4.69) is 0 Å². The molecule has 5 nitrogen and oxygen atoms in total. The van der Waals surface area contributed by atoms with Crippen molar-refractivity contribution >= 4 is 27.6 Å². The number of carboxylic acids is 1. The third-order valence-corrected chi connectivity index (χ3v) is 5.89. The molecule has 0 saturated heterocycles. The Bertz CT molecular complexity index is 612. The van der Waals surface area contributed by atoms with E-state index in [9.17, 15) is 13.2 Å². The van der Waals surface area contributed by atoms with Crippen LogP contribution < -0.4 is 5.73 Å². The van der Waals surface area contributed by atoms with Crippen molar-refractivity contribution < 1.29 is 18.3 Å². The fourth-order valence-electron chi connectivity index (χ4n) is 2.28. The van der Waals surface area contributed by atoms with E-state index in [1.54, 1.807) is 36.0 Å². The molecule has 1 fully saturated rings. The van der Waals surface area contributed by atoms with Crippen LogP contribution in [0.25, 0.3) is 0 Å². The van der Waals surface area contributed by atoms with Crippen molar-refractivity contribution in [2.75, 3.05) is 6.26 Å². The topological polar surface area (TPSA) is 97.5 Å². The first kappa shape index (κ1) is 15.3. The first-order valence-corrected chi connectivity index (χ1v) is 8.97. The Balaban J connectivity index is 2.04. The molecule has 0 aromatic heterocycles. The molecule has 20 heavy (non-hydrogen) atoms. The van der Waals surface area contributed by atoms with Crippen LogP contribution in [0.15, 0.2) is 34.1 Å². The second kappa shape index (κ2) is 5.38. The van der Waals surface area contributed by atoms with Gasteiger partial charge in [0.05, 0.1) is 4.90 Å². The van der Waals surface area contributed by atoms with Gasteiger partial charge in [-0.05, 0) is 43.5 Å². The van der Waals surface area contributed by atoms with Crippen LogP contribution in [0.1, 0.15) is 19.3 Å². The summed E-state index contributed by atoms with van der Waals surface area (Å²) in [6.45, 7) is 0. The Labute approximate surface area is 122 Å². The minimum atomic E-state index is -3.18. The Morgan fingerprint density at radius 1 is 1.40 bits per heavy atom. The van der Waals surface area contributed by atoms with Gasteiger partial charge in [0.2, 0.25) is 0 Å². The third kappa shape index (κ3) is 3.34. The van der Waals surface area contributed by atoms with E-state index in [1.807, 2.05) is 0 Å². The minimum Gasteiger partial charge on any atom is -0.480 e. The molecule has 2 rings (SSSR count). The number of thioether (sulfide) groups is 1. The summed E-state index contributed by atoms with van der Waals surface area (Å²) in [6.07, 6.45) is 2.82. The first-order valence-electron chi connectivity index (χ1n) is 6.20. The molecule has 0 bridgehead atoms. The summed E-state index contributed by atoms with van der Waals surface area (Å²) in [6, 6.07) is 6.63. The van der Waals surface area contributed by atoms with Crippen LogP contribution >= 0.6 is 11.8 Å². The summed E-state index contributed by atoms with van der Waals surface area (Å²) in [5, 5.41) is 9.23. The summed E-state index contributed by atoms with van der Waals surface area (Å²) < 4.78 is 22.7. The van der Waals surface area contributed by atoms with Gasteiger partial charge >= 0.3 is 5.97 Å². The molecule has 0 amide bonds. The molecule has 1 aromatic carbocycles. The van der Waals surface area contributed by atoms with Crippen molar-refractivity contribution in [2.45, 2.75) is 39.8 Å². The lowest BCUT2D eigenvalue weighted by atomic mass is 10.0. The van der Waals surface area contributed by atoms with Gasteiger partial charge in [-0.3, -0.25) is 4.79 Å². The quantitative estimate of drug-likeness (QED) is 0.874. The standard InChI is InChI=1S/C13H17NO4S2/c1-20(17,18)11-4-2-9(3-5-11)19-10-6-7-13(14,8-10)12(15)16/h2-5,10H,6-8,14H2,1H3,(H,15,16). The van der Waals surface area contributed by atoms with Gasteiger partial charge in [-0.25, -0.2) is 8.42 Å². The van der Waals surface area contributed by atoms with E-state index in [-0.39, 0.29) is 10.1 Å². The zero-order chi connectivity index (χ0) is 15.0. The van der Waals surface area contributed by atoms with E-state index in [0.717, 1.165) is 11.3 Å².